The van der Waals surface area contributed by atoms with Crippen molar-refractivity contribution < 1.29 is 33.8 Å². The van der Waals surface area contributed by atoms with E-state index < -0.39 is 53.8 Å². The summed E-state index contributed by atoms with van der Waals surface area (Å²) in [5.41, 5.74) is 2.48. The number of benzene rings is 4. The summed E-state index contributed by atoms with van der Waals surface area (Å²) in [6.07, 6.45) is -1.38. The Bertz CT molecular complexity index is 1740. The number of ether oxygens (including phenoxy) is 2. The number of aliphatic hydroxyl groups is 1. The first-order valence-corrected chi connectivity index (χ1v) is 17.7. The minimum Gasteiger partial charge on any atom is -0.467 e. The molecule has 0 bridgehead atoms. The number of rotatable bonds is 16. The van der Waals surface area contributed by atoms with E-state index in [4.69, 9.17) is 9.47 Å². The summed E-state index contributed by atoms with van der Waals surface area (Å²) in [7, 11) is 1.26. The third kappa shape index (κ3) is 13.8. The van der Waals surface area contributed by atoms with E-state index in [-0.39, 0.29) is 32.4 Å². The van der Waals surface area contributed by atoms with Crippen molar-refractivity contribution in [3.63, 3.8) is 0 Å². The zero-order chi connectivity index (χ0) is 38.2. The third-order valence-electron chi connectivity index (χ3n) is 8.36. The number of carbonyl (C=O) groups is 4. The number of carbonyl (C=O) groups excluding carboxylic acids is 4. The molecular weight excluding hydrogens is 672 g/mol. The molecule has 0 radical (unpaired) electrons. The molecule has 4 rings (SSSR count). The number of esters is 1. The number of nitrogens with zero attached hydrogens (tertiary/aromatic N) is 1. The summed E-state index contributed by atoms with van der Waals surface area (Å²) in [5.74, 6) is -1.20. The molecule has 4 atom stereocenters. The van der Waals surface area contributed by atoms with Gasteiger partial charge in [-0.1, -0.05) is 121 Å². The van der Waals surface area contributed by atoms with Crippen LogP contribution in [-0.2, 0) is 44.9 Å². The second kappa shape index (κ2) is 19.8. The first-order valence-electron chi connectivity index (χ1n) is 17.7. The van der Waals surface area contributed by atoms with Crippen molar-refractivity contribution in [1.29, 1.82) is 0 Å². The number of hydrogen-bond acceptors (Lipinski definition) is 7. The number of nitrogens with one attached hydrogen (secondary N) is 3. The van der Waals surface area contributed by atoms with E-state index in [0.29, 0.717) is 0 Å². The van der Waals surface area contributed by atoms with Gasteiger partial charge in [-0.15, -0.1) is 0 Å². The molecule has 11 heteroatoms. The smallest absolute Gasteiger partial charge is 0.407 e. The largest absolute Gasteiger partial charge is 0.467 e. The lowest BCUT2D eigenvalue weighted by Gasteiger charge is -2.32. The molecule has 53 heavy (non-hydrogen) atoms. The van der Waals surface area contributed by atoms with Crippen LogP contribution in [0.15, 0.2) is 121 Å². The van der Waals surface area contributed by atoms with Gasteiger partial charge in [0.1, 0.15) is 17.7 Å². The molecule has 0 saturated carbocycles. The molecule has 4 aromatic rings. The Labute approximate surface area is 311 Å². The molecule has 0 fully saturated rings. The van der Waals surface area contributed by atoms with Gasteiger partial charge in [-0.05, 0) is 49.4 Å². The van der Waals surface area contributed by atoms with Gasteiger partial charge in [0.2, 0.25) is 5.91 Å². The second-order valence-corrected chi connectivity index (χ2v) is 13.8. The molecule has 4 N–H and O–H groups in total. The van der Waals surface area contributed by atoms with Gasteiger partial charge in [0, 0.05) is 19.4 Å². The third-order valence-corrected chi connectivity index (χ3v) is 8.36. The minimum atomic E-state index is -1.24. The lowest BCUT2D eigenvalue weighted by atomic mass is 10.0. The van der Waals surface area contributed by atoms with E-state index in [1.807, 2.05) is 121 Å². The number of urea groups is 1. The summed E-state index contributed by atoms with van der Waals surface area (Å²) < 4.78 is 10.5. The highest BCUT2D eigenvalue weighted by molar-refractivity contribution is 5.90. The van der Waals surface area contributed by atoms with E-state index in [2.05, 4.69) is 16.0 Å². The van der Waals surface area contributed by atoms with Crippen LogP contribution in [0.1, 0.15) is 43.0 Å². The average molecular weight is 723 g/mol. The molecule has 280 valence electrons. The van der Waals surface area contributed by atoms with Gasteiger partial charge in [-0.2, -0.15) is 0 Å². The van der Waals surface area contributed by atoms with Gasteiger partial charge < -0.3 is 35.4 Å². The topological polar surface area (TPSA) is 146 Å². The first kappa shape index (κ1) is 40.1. The maximum absolute atomic E-state index is 14.3. The zero-order valence-corrected chi connectivity index (χ0v) is 30.7. The van der Waals surface area contributed by atoms with Crippen LogP contribution in [0.3, 0.4) is 0 Å². The van der Waals surface area contributed by atoms with Crippen molar-refractivity contribution in [2.24, 2.45) is 0 Å². The van der Waals surface area contributed by atoms with Crippen molar-refractivity contribution >= 4 is 24.0 Å². The predicted octanol–water partition coefficient (Wildman–Crippen LogP) is 5.21. The molecule has 0 aliphatic heterocycles. The maximum Gasteiger partial charge on any atom is 0.407 e. The van der Waals surface area contributed by atoms with Crippen LogP contribution in [0, 0.1) is 0 Å². The summed E-state index contributed by atoms with van der Waals surface area (Å²) >= 11 is 0. The van der Waals surface area contributed by atoms with Crippen molar-refractivity contribution in [3.05, 3.63) is 144 Å². The van der Waals surface area contributed by atoms with Crippen LogP contribution >= 0.6 is 0 Å². The number of aliphatic hydroxyl groups excluding tert-OH is 1. The molecule has 0 unspecified atom stereocenters. The van der Waals surface area contributed by atoms with Crippen molar-refractivity contribution in [1.82, 2.24) is 20.9 Å². The highest BCUT2D eigenvalue weighted by atomic mass is 16.6. The van der Waals surface area contributed by atoms with Crippen LogP contribution in [0.5, 0.6) is 0 Å². The number of amides is 4. The molecule has 4 aromatic carbocycles. The zero-order valence-electron chi connectivity index (χ0n) is 30.7. The first-order chi connectivity index (χ1) is 25.4. The van der Waals surface area contributed by atoms with Crippen molar-refractivity contribution in [2.75, 3.05) is 13.7 Å². The van der Waals surface area contributed by atoms with Crippen LogP contribution in [0.25, 0.3) is 0 Å². The molecule has 11 nitrogen and oxygen atoms in total. The molecule has 0 heterocycles. The van der Waals surface area contributed by atoms with Gasteiger partial charge in [-0.3, -0.25) is 4.79 Å². The van der Waals surface area contributed by atoms with E-state index in [1.165, 1.54) is 12.0 Å². The van der Waals surface area contributed by atoms with Crippen LogP contribution in [-0.4, -0.2) is 77.5 Å². The van der Waals surface area contributed by atoms with Crippen molar-refractivity contribution in [2.45, 2.75) is 76.4 Å². The van der Waals surface area contributed by atoms with Gasteiger partial charge in [0.25, 0.3) is 0 Å². The fourth-order valence-electron chi connectivity index (χ4n) is 5.74. The minimum absolute atomic E-state index is 0.0900. The number of hydrogen-bond donors (Lipinski definition) is 4. The fourth-order valence-corrected chi connectivity index (χ4v) is 5.74. The van der Waals surface area contributed by atoms with Gasteiger partial charge in [0.05, 0.1) is 25.8 Å². The van der Waals surface area contributed by atoms with E-state index >= 15 is 0 Å². The van der Waals surface area contributed by atoms with Crippen LogP contribution in [0.4, 0.5) is 9.59 Å². The Morgan fingerprint density at radius 1 is 0.642 bits per heavy atom. The summed E-state index contributed by atoms with van der Waals surface area (Å²) in [6, 6.07) is 33.5. The molecule has 0 saturated heterocycles. The Kier molecular flexibility index (Phi) is 15.0. The monoisotopic (exact) mass is 722 g/mol. The highest BCUT2D eigenvalue weighted by Gasteiger charge is 2.32. The summed E-state index contributed by atoms with van der Waals surface area (Å²) in [6.45, 7) is 5.13. The molecule has 0 aliphatic rings. The Morgan fingerprint density at radius 3 is 1.57 bits per heavy atom. The Hall–Kier alpha value is -5.68. The lowest BCUT2D eigenvalue weighted by molar-refractivity contribution is -0.145. The predicted molar refractivity (Wildman–Crippen MR) is 203 cm³/mol. The van der Waals surface area contributed by atoms with E-state index in [1.54, 1.807) is 20.8 Å². The quantitative estimate of drug-likeness (QED) is 0.116. The molecule has 4 amide bonds. The second-order valence-electron chi connectivity index (χ2n) is 13.8. The summed E-state index contributed by atoms with van der Waals surface area (Å²) in [5, 5.41) is 20.2. The molecular formula is C42H50N4O7. The lowest BCUT2D eigenvalue weighted by Crippen LogP contribution is -2.57. The fraction of sp³-hybridized carbons (Fsp3) is 0.333. The number of methoxy groups -OCH3 is 1. The van der Waals surface area contributed by atoms with Gasteiger partial charge in [-0.25, -0.2) is 14.4 Å². The molecule has 0 spiro atoms. The summed E-state index contributed by atoms with van der Waals surface area (Å²) in [4.78, 5) is 55.4. The normalized spacial score (nSPS) is 13.4. The maximum atomic E-state index is 14.3. The van der Waals surface area contributed by atoms with Crippen molar-refractivity contribution in [3.8, 4) is 0 Å². The van der Waals surface area contributed by atoms with Gasteiger partial charge in [0.15, 0.2) is 0 Å². The number of alkyl carbamates (subject to hydrolysis) is 1. The molecule has 0 aliphatic carbocycles. The Morgan fingerprint density at radius 2 is 1.09 bits per heavy atom. The van der Waals surface area contributed by atoms with Gasteiger partial charge >= 0.3 is 18.1 Å². The average Bonchev–Trinajstić information content (AvgIpc) is 3.14. The SMILES string of the molecule is COC(=O)[C@H](Cc1ccccc1)NC(=O)[C@H](Cc1ccccc1)NC(=O)N(Cc1ccccc1)C[C@@H](O)[C@H](Cc1ccccc1)NC(=O)OC(C)(C)C. The standard InChI is InChI=1S/C42H50N4O7/c1-42(2,3)53-41(51)45-34(25-30-17-9-5-10-18-30)37(47)29-46(28-33-23-15-8-16-24-33)40(50)44-35(26-31-19-11-6-12-20-31)38(48)43-36(39(49)52-4)27-32-21-13-7-14-22-32/h5-24,34-37,47H,25-29H2,1-4H3,(H,43,48)(H,44,50)(H,45,51)/t34-,35-,36-,37+/m0/s1. The van der Waals surface area contributed by atoms with Crippen LogP contribution in [0.2, 0.25) is 0 Å². The molecule has 0 aromatic heterocycles. The Balaban J connectivity index is 1.61. The van der Waals surface area contributed by atoms with E-state index in [0.717, 1.165) is 22.3 Å². The highest BCUT2D eigenvalue weighted by Crippen LogP contribution is 2.15. The van der Waals surface area contributed by atoms with E-state index in [9.17, 15) is 24.3 Å². The van der Waals surface area contributed by atoms with Crippen LogP contribution < -0.4 is 16.0 Å².